The molecular formula is C14H12BrFN2O3S. The lowest BCUT2D eigenvalue weighted by atomic mass is 10.2. The van der Waals surface area contributed by atoms with E-state index < -0.39 is 17.8 Å². The highest BCUT2D eigenvalue weighted by atomic mass is 79.9. The zero-order chi connectivity index (χ0) is 16.1. The number of rotatable bonds is 4. The number of amides is 2. The van der Waals surface area contributed by atoms with Gasteiger partial charge < -0.3 is 15.4 Å². The van der Waals surface area contributed by atoms with E-state index >= 15 is 0 Å². The van der Waals surface area contributed by atoms with E-state index in [1.54, 1.807) is 23.6 Å². The molecule has 0 saturated heterocycles. The number of carbonyl (C=O) groups is 2. The smallest absolute Gasteiger partial charge is 0.350 e. The molecule has 2 N–H and O–H groups in total. The number of thiophene rings is 1. The van der Waals surface area contributed by atoms with Crippen LogP contribution in [0, 0.1) is 5.82 Å². The molecule has 1 aromatic heterocycles. The second-order valence-corrected chi connectivity index (χ2v) is 6.03. The van der Waals surface area contributed by atoms with Gasteiger partial charge in [0.25, 0.3) is 0 Å². The first-order valence-corrected chi connectivity index (χ1v) is 7.83. The SMILES string of the molecule is COC(=O)c1sccc1NC(=O)NCc1ccc(Br)cc1F. The zero-order valence-corrected chi connectivity index (χ0v) is 13.9. The fraction of sp³-hybridized carbons (Fsp3) is 0.143. The van der Waals surface area contributed by atoms with Crippen LogP contribution in [0.15, 0.2) is 34.1 Å². The van der Waals surface area contributed by atoms with Gasteiger partial charge in [-0.2, -0.15) is 0 Å². The number of ether oxygens (including phenoxy) is 1. The van der Waals surface area contributed by atoms with Crippen molar-refractivity contribution in [2.45, 2.75) is 6.54 Å². The topological polar surface area (TPSA) is 67.4 Å². The Hall–Kier alpha value is -1.93. The number of benzene rings is 1. The van der Waals surface area contributed by atoms with Crippen LogP contribution in [0.5, 0.6) is 0 Å². The maximum Gasteiger partial charge on any atom is 0.350 e. The van der Waals surface area contributed by atoms with E-state index in [4.69, 9.17) is 0 Å². The molecule has 5 nitrogen and oxygen atoms in total. The zero-order valence-electron chi connectivity index (χ0n) is 11.5. The molecule has 0 aliphatic rings. The van der Waals surface area contributed by atoms with E-state index in [1.165, 1.54) is 13.2 Å². The highest BCUT2D eigenvalue weighted by Crippen LogP contribution is 2.23. The maximum atomic E-state index is 13.6. The van der Waals surface area contributed by atoms with Crippen molar-refractivity contribution in [1.82, 2.24) is 5.32 Å². The Morgan fingerprint density at radius 1 is 1.36 bits per heavy atom. The number of nitrogens with one attached hydrogen (secondary N) is 2. The van der Waals surface area contributed by atoms with E-state index in [0.717, 1.165) is 11.3 Å². The first-order chi connectivity index (χ1) is 10.5. The van der Waals surface area contributed by atoms with Crippen molar-refractivity contribution in [3.8, 4) is 0 Å². The lowest BCUT2D eigenvalue weighted by Crippen LogP contribution is -2.29. The summed E-state index contributed by atoms with van der Waals surface area (Å²) in [6.45, 7) is 0.0304. The average Bonchev–Trinajstić information content (AvgIpc) is 2.93. The Bertz CT molecular complexity index is 705. The molecule has 0 unspecified atom stereocenters. The fourth-order valence-corrected chi connectivity index (χ4v) is 2.76. The predicted octanol–water partition coefficient (Wildman–Crippen LogP) is 3.76. The van der Waals surface area contributed by atoms with Crippen molar-refractivity contribution in [3.05, 3.63) is 50.4 Å². The summed E-state index contributed by atoms with van der Waals surface area (Å²) in [6, 6.07) is 5.64. The third kappa shape index (κ3) is 4.05. The van der Waals surface area contributed by atoms with Crippen molar-refractivity contribution in [3.63, 3.8) is 0 Å². The normalized spacial score (nSPS) is 10.1. The number of anilines is 1. The van der Waals surface area contributed by atoms with Gasteiger partial charge in [0.2, 0.25) is 0 Å². The molecule has 0 fully saturated rings. The third-order valence-corrected chi connectivity index (χ3v) is 4.13. The summed E-state index contributed by atoms with van der Waals surface area (Å²) in [5.74, 6) is -0.940. The fourth-order valence-electron chi connectivity index (χ4n) is 1.67. The van der Waals surface area contributed by atoms with Crippen LogP contribution in [-0.2, 0) is 11.3 Å². The molecule has 116 valence electrons. The van der Waals surface area contributed by atoms with Crippen molar-refractivity contribution in [1.29, 1.82) is 0 Å². The number of halogens is 2. The minimum absolute atomic E-state index is 0.0304. The Morgan fingerprint density at radius 3 is 2.82 bits per heavy atom. The number of esters is 1. The molecular weight excluding hydrogens is 375 g/mol. The van der Waals surface area contributed by atoms with E-state index in [2.05, 4.69) is 31.3 Å². The lowest BCUT2D eigenvalue weighted by Gasteiger charge is -2.08. The van der Waals surface area contributed by atoms with Gasteiger partial charge in [-0.1, -0.05) is 22.0 Å². The highest BCUT2D eigenvalue weighted by molar-refractivity contribution is 9.10. The Balaban J connectivity index is 1.96. The van der Waals surface area contributed by atoms with Gasteiger partial charge in [0.15, 0.2) is 0 Å². The number of urea groups is 1. The van der Waals surface area contributed by atoms with Gasteiger partial charge in [-0.25, -0.2) is 14.0 Å². The molecule has 2 amide bonds. The van der Waals surface area contributed by atoms with Gasteiger partial charge in [0.1, 0.15) is 10.7 Å². The summed E-state index contributed by atoms with van der Waals surface area (Å²) in [4.78, 5) is 23.6. The van der Waals surface area contributed by atoms with Crippen LogP contribution in [-0.4, -0.2) is 19.1 Å². The van der Waals surface area contributed by atoms with Crippen molar-refractivity contribution >= 4 is 45.0 Å². The van der Waals surface area contributed by atoms with Crippen LogP contribution in [0.25, 0.3) is 0 Å². The van der Waals surface area contributed by atoms with Gasteiger partial charge in [0.05, 0.1) is 12.8 Å². The Morgan fingerprint density at radius 2 is 2.14 bits per heavy atom. The number of methoxy groups -OCH3 is 1. The summed E-state index contributed by atoms with van der Waals surface area (Å²) in [6.07, 6.45) is 0. The van der Waals surface area contributed by atoms with E-state index in [9.17, 15) is 14.0 Å². The molecule has 1 aromatic carbocycles. The van der Waals surface area contributed by atoms with Crippen LogP contribution >= 0.6 is 27.3 Å². The van der Waals surface area contributed by atoms with Gasteiger partial charge in [-0.3, -0.25) is 0 Å². The van der Waals surface area contributed by atoms with Crippen LogP contribution in [0.3, 0.4) is 0 Å². The maximum absolute atomic E-state index is 13.6. The molecule has 1 heterocycles. The monoisotopic (exact) mass is 386 g/mol. The second kappa shape index (κ2) is 7.37. The van der Waals surface area contributed by atoms with E-state index in [1.807, 2.05) is 0 Å². The predicted molar refractivity (Wildman–Crippen MR) is 85.6 cm³/mol. The lowest BCUT2D eigenvalue weighted by molar-refractivity contribution is 0.0607. The molecule has 0 aliphatic heterocycles. The largest absolute Gasteiger partial charge is 0.465 e. The first kappa shape index (κ1) is 16.4. The third-order valence-electron chi connectivity index (χ3n) is 2.74. The molecule has 2 aromatic rings. The summed E-state index contributed by atoms with van der Waals surface area (Å²) in [5, 5.41) is 6.73. The van der Waals surface area contributed by atoms with Gasteiger partial charge in [0, 0.05) is 16.6 Å². The standard InChI is InChI=1S/C14H12BrFN2O3S/c1-21-13(19)12-11(4-5-22-12)18-14(20)17-7-8-2-3-9(15)6-10(8)16/h2-6H,7H2,1H3,(H2,17,18,20). The first-order valence-electron chi connectivity index (χ1n) is 6.16. The van der Waals surface area contributed by atoms with Gasteiger partial charge in [-0.15, -0.1) is 11.3 Å². The van der Waals surface area contributed by atoms with Crippen LogP contribution < -0.4 is 10.6 Å². The van der Waals surface area contributed by atoms with E-state index in [-0.39, 0.29) is 6.54 Å². The summed E-state index contributed by atoms with van der Waals surface area (Å²) in [5.41, 5.74) is 0.711. The van der Waals surface area contributed by atoms with E-state index in [0.29, 0.717) is 20.6 Å². The molecule has 22 heavy (non-hydrogen) atoms. The molecule has 0 atom stereocenters. The average molecular weight is 387 g/mol. The van der Waals surface area contributed by atoms with Crippen LogP contribution in [0.1, 0.15) is 15.2 Å². The molecule has 8 heteroatoms. The quantitative estimate of drug-likeness (QED) is 0.786. The second-order valence-electron chi connectivity index (χ2n) is 4.20. The molecule has 0 saturated carbocycles. The Kier molecular flexibility index (Phi) is 5.51. The highest BCUT2D eigenvalue weighted by Gasteiger charge is 2.15. The van der Waals surface area contributed by atoms with Crippen molar-refractivity contribution < 1.29 is 18.7 Å². The van der Waals surface area contributed by atoms with Gasteiger partial charge >= 0.3 is 12.0 Å². The minimum atomic E-state index is -0.536. The summed E-state index contributed by atoms with van der Waals surface area (Å²) < 4.78 is 18.9. The molecule has 0 radical (unpaired) electrons. The number of carbonyl (C=O) groups excluding carboxylic acids is 2. The summed E-state index contributed by atoms with van der Waals surface area (Å²) >= 11 is 4.32. The number of hydrogen-bond donors (Lipinski definition) is 2. The molecule has 0 bridgehead atoms. The molecule has 0 spiro atoms. The number of hydrogen-bond acceptors (Lipinski definition) is 4. The van der Waals surface area contributed by atoms with Crippen LogP contribution in [0.4, 0.5) is 14.9 Å². The molecule has 0 aliphatic carbocycles. The minimum Gasteiger partial charge on any atom is -0.465 e. The van der Waals surface area contributed by atoms with Crippen molar-refractivity contribution in [2.75, 3.05) is 12.4 Å². The summed E-state index contributed by atoms with van der Waals surface area (Å²) in [7, 11) is 1.27. The van der Waals surface area contributed by atoms with Crippen LogP contribution in [0.2, 0.25) is 0 Å². The van der Waals surface area contributed by atoms with Crippen molar-refractivity contribution in [2.24, 2.45) is 0 Å². The van der Waals surface area contributed by atoms with Gasteiger partial charge in [-0.05, 0) is 23.6 Å². The molecule has 2 rings (SSSR count). The Labute approximate surface area is 138 Å².